The molecule has 1 aliphatic heterocycles. The largest absolute Gasteiger partial charge is 0.433 e. The number of anilines is 2. The van der Waals surface area contributed by atoms with Crippen molar-refractivity contribution < 1.29 is 22.3 Å². The van der Waals surface area contributed by atoms with Crippen LogP contribution in [0.2, 0.25) is 0 Å². The van der Waals surface area contributed by atoms with E-state index in [4.69, 9.17) is 4.74 Å². The van der Waals surface area contributed by atoms with Crippen molar-refractivity contribution in [3.8, 4) is 0 Å². The first-order chi connectivity index (χ1) is 14.3. The summed E-state index contributed by atoms with van der Waals surface area (Å²) in [6, 6.07) is 3.95. The molecule has 1 atom stereocenters. The van der Waals surface area contributed by atoms with Crippen LogP contribution in [0.15, 0.2) is 30.6 Å². The van der Waals surface area contributed by atoms with Gasteiger partial charge in [0.05, 0.1) is 30.8 Å². The average molecular weight is 422 g/mol. The third kappa shape index (κ3) is 4.11. The highest BCUT2D eigenvalue weighted by Crippen LogP contribution is 2.31. The van der Waals surface area contributed by atoms with Crippen LogP contribution in [0.25, 0.3) is 11.0 Å². The van der Waals surface area contributed by atoms with E-state index in [0.717, 1.165) is 12.4 Å². The van der Waals surface area contributed by atoms with E-state index in [0.29, 0.717) is 25.7 Å². The molecule has 0 aromatic carbocycles. The van der Waals surface area contributed by atoms with E-state index in [1.165, 1.54) is 18.2 Å². The van der Waals surface area contributed by atoms with Crippen molar-refractivity contribution in [3.05, 3.63) is 47.7 Å². The summed E-state index contributed by atoms with van der Waals surface area (Å²) in [6.45, 7) is 3.28. The molecule has 3 aromatic rings. The summed E-state index contributed by atoms with van der Waals surface area (Å²) in [5.74, 6) is -0.0567. The van der Waals surface area contributed by atoms with Crippen molar-refractivity contribution in [1.29, 1.82) is 0 Å². The number of alkyl halides is 3. The number of morpholine rings is 1. The Morgan fingerprint density at radius 1 is 1.27 bits per heavy atom. The van der Waals surface area contributed by atoms with Gasteiger partial charge in [0.25, 0.3) is 0 Å². The molecule has 7 nitrogen and oxygen atoms in total. The molecule has 1 N–H and O–H groups in total. The SMILES string of the molecule is CC1COCCN1c1nc(NCc2cccnc2C(F)(F)F)c2cc(F)cnc2n1. The van der Waals surface area contributed by atoms with Gasteiger partial charge in [-0.3, -0.25) is 4.98 Å². The van der Waals surface area contributed by atoms with Gasteiger partial charge in [-0.1, -0.05) is 6.07 Å². The molecule has 1 unspecified atom stereocenters. The summed E-state index contributed by atoms with van der Waals surface area (Å²) in [4.78, 5) is 18.3. The molecule has 1 aliphatic rings. The van der Waals surface area contributed by atoms with E-state index in [9.17, 15) is 17.6 Å². The molecular weight excluding hydrogens is 404 g/mol. The Morgan fingerprint density at radius 2 is 2.10 bits per heavy atom. The van der Waals surface area contributed by atoms with Crippen molar-refractivity contribution in [3.63, 3.8) is 0 Å². The molecular formula is C19H18F4N6O. The zero-order chi connectivity index (χ0) is 21.3. The van der Waals surface area contributed by atoms with Crippen LogP contribution >= 0.6 is 0 Å². The van der Waals surface area contributed by atoms with Gasteiger partial charge in [-0.15, -0.1) is 0 Å². The monoisotopic (exact) mass is 422 g/mol. The minimum absolute atomic E-state index is 0.000321. The first kappa shape index (κ1) is 20.2. The number of rotatable bonds is 4. The Balaban J connectivity index is 1.72. The Labute approximate surface area is 169 Å². The second-order valence-corrected chi connectivity index (χ2v) is 6.88. The molecule has 11 heteroatoms. The average Bonchev–Trinajstić information content (AvgIpc) is 2.72. The van der Waals surface area contributed by atoms with Gasteiger partial charge in [0.15, 0.2) is 5.65 Å². The van der Waals surface area contributed by atoms with E-state index in [1.54, 1.807) is 0 Å². The Bertz CT molecular complexity index is 1060. The maximum Gasteiger partial charge on any atom is 0.433 e. The topological polar surface area (TPSA) is 76.1 Å². The van der Waals surface area contributed by atoms with Gasteiger partial charge < -0.3 is 15.0 Å². The molecule has 30 heavy (non-hydrogen) atoms. The molecule has 1 fully saturated rings. The fourth-order valence-corrected chi connectivity index (χ4v) is 3.28. The van der Waals surface area contributed by atoms with E-state index in [-0.39, 0.29) is 35.0 Å². The lowest BCUT2D eigenvalue weighted by Gasteiger charge is -2.33. The van der Waals surface area contributed by atoms with Crippen molar-refractivity contribution in [1.82, 2.24) is 19.9 Å². The predicted octanol–water partition coefficient (Wildman–Crippen LogP) is 3.41. The summed E-state index contributed by atoms with van der Waals surface area (Å²) in [5.41, 5.74) is -0.797. The van der Waals surface area contributed by atoms with Gasteiger partial charge in [-0.2, -0.15) is 23.1 Å². The number of aromatic nitrogens is 4. The molecule has 0 saturated carbocycles. The maximum absolute atomic E-state index is 13.8. The van der Waals surface area contributed by atoms with Crippen molar-refractivity contribution in [2.24, 2.45) is 0 Å². The number of ether oxygens (including phenoxy) is 1. The van der Waals surface area contributed by atoms with Gasteiger partial charge in [-0.25, -0.2) is 9.37 Å². The first-order valence-corrected chi connectivity index (χ1v) is 9.25. The standard InChI is InChI=1S/C19H18F4N6O/c1-11-10-30-6-5-29(11)18-27-16(14-7-13(20)9-26-17(14)28-18)25-8-12-3-2-4-24-15(12)19(21,22)23/h2-4,7,9,11H,5-6,8,10H2,1H3,(H,25,26,27,28). The number of pyridine rings is 2. The van der Waals surface area contributed by atoms with Crippen LogP contribution in [0.4, 0.5) is 29.3 Å². The van der Waals surface area contributed by atoms with Crippen LogP contribution in [0.5, 0.6) is 0 Å². The lowest BCUT2D eigenvalue weighted by molar-refractivity contribution is -0.141. The van der Waals surface area contributed by atoms with Crippen molar-refractivity contribution in [2.75, 3.05) is 30.0 Å². The summed E-state index contributed by atoms with van der Waals surface area (Å²) < 4.78 is 58.9. The summed E-state index contributed by atoms with van der Waals surface area (Å²) in [5, 5.41) is 3.16. The zero-order valence-electron chi connectivity index (χ0n) is 15.9. The normalized spacial score (nSPS) is 17.4. The first-order valence-electron chi connectivity index (χ1n) is 9.25. The molecule has 4 heterocycles. The van der Waals surface area contributed by atoms with Crippen molar-refractivity contribution >= 4 is 22.8 Å². The van der Waals surface area contributed by atoms with E-state index in [1.807, 2.05) is 11.8 Å². The summed E-state index contributed by atoms with van der Waals surface area (Å²) >= 11 is 0. The number of halogens is 4. The highest BCUT2D eigenvalue weighted by molar-refractivity contribution is 5.87. The van der Waals surface area contributed by atoms with Crippen molar-refractivity contribution in [2.45, 2.75) is 25.7 Å². The molecule has 0 spiro atoms. The van der Waals surface area contributed by atoms with E-state index < -0.39 is 17.7 Å². The van der Waals surface area contributed by atoms with Gasteiger partial charge >= 0.3 is 6.18 Å². The quantitative estimate of drug-likeness (QED) is 0.646. The third-order valence-corrected chi connectivity index (χ3v) is 4.74. The number of hydrogen-bond acceptors (Lipinski definition) is 7. The molecule has 0 bridgehead atoms. The molecule has 1 saturated heterocycles. The zero-order valence-corrected chi connectivity index (χ0v) is 15.9. The van der Waals surface area contributed by atoms with E-state index in [2.05, 4.69) is 25.3 Å². The Morgan fingerprint density at radius 3 is 2.87 bits per heavy atom. The number of hydrogen-bond donors (Lipinski definition) is 1. The number of nitrogens with zero attached hydrogens (tertiary/aromatic N) is 5. The lowest BCUT2D eigenvalue weighted by Crippen LogP contribution is -2.44. The molecule has 158 valence electrons. The van der Waals surface area contributed by atoms with Crippen LogP contribution in [0.3, 0.4) is 0 Å². The molecule has 3 aromatic heterocycles. The van der Waals surface area contributed by atoms with Crippen LogP contribution in [-0.2, 0) is 17.5 Å². The highest BCUT2D eigenvalue weighted by Gasteiger charge is 2.35. The summed E-state index contributed by atoms with van der Waals surface area (Å²) in [6.07, 6.45) is -2.47. The molecule has 4 rings (SSSR count). The molecule has 0 amide bonds. The second kappa shape index (κ2) is 7.98. The van der Waals surface area contributed by atoms with Gasteiger partial charge in [0.2, 0.25) is 5.95 Å². The van der Waals surface area contributed by atoms with Gasteiger partial charge in [0.1, 0.15) is 17.3 Å². The highest BCUT2D eigenvalue weighted by atomic mass is 19.4. The van der Waals surface area contributed by atoms with Gasteiger partial charge in [0, 0.05) is 24.8 Å². The van der Waals surface area contributed by atoms with Crippen LogP contribution in [-0.4, -0.2) is 45.7 Å². The third-order valence-electron chi connectivity index (χ3n) is 4.74. The number of fused-ring (bicyclic) bond motifs is 1. The maximum atomic E-state index is 13.8. The fraction of sp³-hybridized carbons (Fsp3) is 0.368. The minimum atomic E-state index is -4.59. The Hall–Kier alpha value is -3.08. The van der Waals surface area contributed by atoms with Crippen LogP contribution < -0.4 is 10.2 Å². The minimum Gasteiger partial charge on any atom is -0.377 e. The Kier molecular flexibility index (Phi) is 5.37. The summed E-state index contributed by atoms with van der Waals surface area (Å²) in [7, 11) is 0. The van der Waals surface area contributed by atoms with Gasteiger partial charge in [-0.05, 0) is 19.1 Å². The van der Waals surface area contributed by atoms with Crippen LogP contribution in [0, 0.1) is 5.82 Å². The van der Waals surface area contributed by atoms with Crippen LogP contribution in [0.1, 0.15) is 18.2 Å². The van der Waals surface area contributed by atoms with E-state index >= 15 is 0 Å². The fourth-order valence-electron chi connectivity index (χ4n) is 3.28. The smallest absolute Gasteiger partial charge is 0.377 e. The predicted molar refractivity (Wildman–Crippen MR) is 101 cm³/mol. The second-order valence-electron chi connectivity index (χ2n) is 6.88. The number of nitrogens with one attached hydrogen (secondary N) is 1. The molecule has 0 radical (unpaired) electrons. The lowest BCUT2D eigenvalue weighted by atomic mass is 10.2. The molecule has 0 aliphatic carbocycles.